The van der Waals surface area contributed by atoms with E-state index >= 15 is 0 Å². The summed E-state index contributed by atoms with van der Waals surface area (Å²) in [6.07, 6.45) is 7.07. The molecular weight excluding hydrogens is 356 g/mol. The lowest BCUT2D eigenvalue weighted by Gasteiger charge is -2.22. The second-order valence-corrected chi connectivity index (χ2v) is 8.45. The minimum absolute atomic E-state index is 0.0240. The third-order valence-corrected chi connectivity index (χ3v) is 5.96. The number of ether oxygens (including phenoxy) is 3. The van der Waals surface area contributed by atoms with E-state index in [4.69, 9.17) is 14.2 Å². The number of benzene rings is 1. The first-order valence-corrected chi connectivity index (χ1v) is 10.1. The maximum atomic E-state index is 12.4. The van der Waals surface area contributed by atoms with E-state index in [9.17, 15) is 4.79 Å². The molecule has 4 atom stereocenters. The van der Waals surface area contributed by atoms with Crippen LogP contribution in [0.3, 0.4) is 0 Å². The Labute approximate surface area is 164 Å². The van der Waals surface area contributed by atoms with E-state index in [1.807, 2.05) is 30.8 Å². The molecule has 6 heteroatoms. The topological polar surface area (TPSA) is 62.6 Å². The summed E-state index contributed by atoms with van der Waals surface area (Å²) in [4.78, 5) is 12.4. The summed E-state index contributed by atoms with van der Waals surface area (Å²) >= 11 is 0. The van der Waals surface area contributed by atoms with E-state index in [2.05, 4.69) is 29.5 Å². The molecule has 0 spiro atoms. The fraction of sp³-hybridized carbons (Fsp3) is 0.545. The molecule has 2 aliphatic heterocycles. The van der Waals surface area contributed by atoms with E-state index in [1.165, 1.54) is 6.42 Å². The second-order valence-electron chi connectivity index (χ2n) is 8.45. The monoisotopic (exact) mass is 382 g/mol. The van der Waals surface area contributed by atoms with Gasteiger partial charge in [0, 0.05) is 30.7 Å². The second kappa shape index (κ2) is 6.79. The van der Waals surface area contributed by atoms with E-state index in [1.54, 1.807) is 0 Å². The number of ketones is 1. The molecule has 28 heavy (non-hydrogen) atoms. The van der Waals surface area contributed by atoms with Crippen LogP contribution in [0.5, 0.6) is 0 Å². The van der Waals surface area contributed by atoms with Gasteiger partial charge in [0.05, 0.1) is 6.20 Å². The van der Waals surface area contributed by atoms with Gasteiger partial charge in [0.1, 0.15) is 18.4 Å². The fourth-order valence-electron chi connectivity index (χ4n) is 4.61. The molecule has 3 heterocycles. The fourth-order valence-corrected chi connectivity index (χ4v) is 4.61. The number of fused-ring (bicyclic) bond motifs is 1. The molecule has 5 rings (SSSR count). The number of rotatable bonds is 3. The quantitative estimate of drug-likeness (QED) is 0.807. The minimum Gasteiger partial charge on any atom is -0.357 e. The normalized spacial score (nSPS) is 31.9. The van der Waals surface area contributed by atoms with E-state index in [0.29, 0.717) is 6.42 Å². The van der Waals surface area contributed by atoms with Crippen LogP contribution in [-0.2, 0) is 19.0 Å². The molecule has 1 saturated carbocycles. The van der Waals surface area contributed by atoms with Gasteiger partial charge in [-0.2, -0.15) is 5.10 Å². The largest absolute Gasteiger partial charge is 0.357 e. The summed E-state index contributed by atoms with van der Waals surface area (Å²) in [5.41, 5.74) is 3.26. The first-order chi connectivity index (χ1) is 13.5. The summed E-state index contributed by atoms with van der Waals surface area (Å²) < 4.78 is 19.6. The molecule has 6 nitrogen and oxygen atoms in total. The Morgan fingerprint density at radius 1 is 1.18 bits per heavy atom. The number of carbonyl (C=O) groups excluding carboxylic acids is 1. The summed E-state index contributed by atoms with van der Waals surface area (Å²) in [6, 6.07) is 8.35. The summed E-state index contributed by atoms with van der Waals surface area (Å²) in [6.45, 7) is 4.54. The van der Waals surface area contributed by atoms with Crippen molar-refractivity contribution >= 4 is 5.78 Å². The van der Waals surface area contributed by atoms with Crippen molar-refractivity contribution in [1.29, 1.82) is 0 Å². The number of hydrogen-bond donors (Lipinski definition) is 0. The Balaban J connectivity index is 1.40. The molecule has 0 N–H and O–H groups in total. The van der Waals surface area contributed by atoms with E-state index < -0.39 is 11.9 Å². The first kappa shape index (κ1) is 18.0. The van der Waals surface area contributed by atoms with Gasteiger partial charge in [0.15, 0.2) is 11.6 Å². The number of nitrogens with zero attached hydrogens (tertiary/aromatic N) is 2. The molecule has 2 aromatic rings. The van der Waals surface area contributed by atoms with Crippen molar-refractivity contribution in [3.8, 4) is 11.1 Å². The Hall–Kier alpha value is -2.02. The third-order valence-electron chi connectivity index (χ3n) is 5.96. The predicted molar refractivity (Wildman–Crippen MR) is 103 cm³/mol. The highest BCUT2D eigenvalue weighted by Gasteiger charge is 2.54. The zero-order chi connectivity index (χ0) is 19.3. The molecule has 0 bridgehead atoms. The molecule has 148 valence electrons. The van der Waals surface area contributed by atoms with Gasteiger partial charge in [-0.25, -0.2) is 4.68 Å². The molecule has 1 aromatic carbocycles. The Bertz CT molecular complexity index is 884. The molecule has 0 radical (unpaired) electrons. The van der Waals surface area contributed by atoms with Crippen molar-refractivity contribution in [3.63, 3.8) is 0 Å². The maximum Gasteiger partial charge on any atom is 0.165 e. The molecule has 2 saturated heterocycles. The summed E-state index contributed by atoms with van der Waals surface area (Å²) in [5, 5.41) is 4.52. The lowest BCUT2D eigenvalue weighted by molar-refractivity contribution is -0.160. The summed E-state index contributed by atoms with van der Waals surface area (Å²) in [5.74, 6) is -0.549. The standard InChI is InChI=1S/C22H26N2O4/c1-22(2)27-20-17(11-18(25)21(20)28-22)15-7-5-6-14(10-15)16-12-23-24(13-16)19-8-3-4-9-26-19/h5-7,10,12-13,17,19-21H,3-4,8-9,11H2,1-2H3/t17-,19?,20-,21+/m1/s1. The van der Waals surface area contributed by atoms with Gasteiger partial charge in [-0.3, -0.25) is 4.79 Å². The number of aromatic nitrogens is 2. The van der Waals surface area contributed by atoms with E-state index in [-0.39, 0.29) is 24.0 Å². The van der Waals surface area contributed by atoms with Gasteiger partial charge in [-0.1, -0.05) is 24.3 Å². The zero-order valence-electron chi connectivity index (χ0n) is 16.3. The third kappa shape index (κ3) is 3.19. The highest BCUT2D eigenvalue weighted by atomic mass is 16.8. The van der Waals surface area contributed by atoms with Crippen LogP contribution in [0.2, 0.25) is 0 Å². The van der Waals surface area contributed by atoms with Gasteiger partial charge in [-0.15, -0.1) is 0 Å². The number of hydrogen-bond acceptors (Lipinski definition) is 5. The van der Waals surface area contributed by atoms with Crippen molar-refractivity contribution in [2.24, 2.45) is 0 Å². The van der Waals surface area contributed by atoms with Crippen LogP contribution in [0.25, 0.3) is 11.1 Å². The molecule has 3 fully saturated rings. The minimum atomic E-state index is -0.706. The average Bonchev–Trinajstić information content (AvgIpc) is 3.38. The molecule has 3 aliphatic rings. The smallest absolute Gasteiger partial charge is 0.165 e. The van der Waals surface area contributed by atoms with Crippen LogP contribution >= 0.6 is 0 Å². The lowest BCUT2D eigenvalue weighted by atomic mass is 9.93. The average molecular weight is 382 g/mol. The van der Waals surface area contributed by atoms with Crippen LogP contribution < -0.4 is 0 Å². The summed E-state index contributed by atoms with van der Waals surface area (Å²) in [7, 11) is 0. The maximum absolute atomic E-state index is 12.4. The van der Waals surface area contributed by atoms with Crippen LogP contribution in [0.15, 0.2) is 36.7 Å². The predicted octanol–water partition coefficient (Wildman–Crippen LogP) is 3.83. The van der Waals surface area contributed by atoms with Crippen molar-refractivity contribution in [2.75, 3.05) is 6.61 Å². The van der Waals surface area contributed by atoms with Crippen molar-refractivity contribution in [2.45, 2.75) is 69.7 Å². The highest BCUT2D eigenvalue weighted by molar-refractivity contribution is 5.88. The molecule has 1 aromatic heterocycles. The van der Waals surface area contributed by atoms with Crippen LogP contribution in [0.1, 0.15) is 57.2 Å². The van der Waals surface area contributed by atoms with Gasteiger partial charge >= 0.3 is 0 Å². The van der Waals surface area contributed by atoms with Crippen molar-refractivity contribution in [1.82, 2.24) is 9.78 Å². The Morgan fingerprint density at radius 2 is 2.07 bits per heavy atom. The highest BCUT2D eigenvalue weighted by Crippen LogP contribution is 2.44. The SMILES string of the molecule is CC1(C)O[C@@H]2[C@@H](c3cccc(-c4cnn(C5CCCCO5)c4)c3)CC(=O)[C@@H]2O1. The lowest BCUT2D eigenvalue weighted by Crippen LogP contribution is -2.25. The Morgan fingerprint density at radius 3 is 2.89 bits per heavy atom. The van der Waals surface area contributed by atoms with Crippen molar-refractivity contribution in [3.05, 3.63) is 42.2 Å². The molecule has 1 aliphatic carbocycles. The number of carbonyl (C=O) groups is 1. The van der Waals surface area contributed by atoms with Gasteiger partial charge in [-0.05, 0) is 44.2 Å². The van der Waals surface area contributed by atoms with Crippen LogP contribution in [0.4, 0.5) is 0 Å². The van der Waals surface area contributed by atoms with Gasteiger partial charge in [0.2, 0.25) is 0 Å². The van der Waals surface area contributed by atoms with Gasteiger partial charge < -0.3 is 14.2 Å². The Kier molecular flexibility index (Phi) is 4.38. The molecule has 1 unspecified atom stereocenters. The van der Waals surface area contributed by atoms with Gasteiger partial charge in [0.25, 0.3) is 0 Å². The van der Waals surface area contributed by atoms with Crippen LogP contribution in [-0.4, -0.2) is 40.2 Å². The number of Topliss-reactive ketones (excluding diaryl/α,β-unsaturated/α-hetero) is 1. The van der Waals surface area contributed by atoms with Crippen LogP contribution in [0, 0.1) is 0 Å². The molecular formula is C22H26N2O4. The van der Waals surface area contributed by atoms with E-state index in [0.717, 1.165) is 36.1 Å². The molecule has 0 amide bonds. The van der Waals surface area contributed by atoms with Crippen molar-refractivity contribution < 1.29 is 19.0 Å². The first-order valence-electron chi connectivity index (χ1n) is 10.1. The zero-order valence-corrected chi connectivity index (χ0v) is 16.3.